The molecule has 1 aliphatic rings. The number of methoxy groups -OCH3 is 1. The Bertz CT molecular complexity index is 330. The third kappa shape index (κ3) is 2.43. The Morgan fingerprint density at radius 3 is 2.62 bits per heavy atom. The van der Waals surface area contributed by atoms with Crippen molar-refractivity contribution < 1.29 is 19.4 Å². The normalized spacial score (nSPS) is 22.8. The molecule has 1 N–H and O–H groups in total. The summed E-state index contributed by atoms with van der Waals surface area (Å²) in [4.78, 5) is 23.0. The van der Waals surface area contributed by atoms with Crippen LogP contribution in [0, 0.1) is 11.8 Å². The van der Waals surface area contributed by atoms with Gasteiger partial charge in [-0.2, -0.15) is 0 Å². The fraction of sp³-hybridized carbons (Fsp3) is 0.667. The molecule has 0 amide bonds. The van der Waals surface area contributed by atoms with Gasteiger partial charge < -0.3 is 9.84 Å². The second-order valence-electron chi connectivity index (χ2n) is 4.24. The van der Waals surface area contributed by atoms with E-state index < -0.39 is 11.9 Å². The fourth-order valence-electron chi connectivity index (χ4n) is 2.27. The zero-order valence-electron chi connectivity index (χ0n) is 9.95. The third-order valence-electron chi connectivity index (χ3n) is 3.24. The Labute approximate surface area is 95.3 Å². The van der Waals surface area contributed by atoms with Crippen molar-refractivity contribution in [2.75, 3.05) is 7.11 Å². The van der Waals surface area contributed by atoms with E-state index in [4.69, 9.17) is 0 Å². The Morgan fingerprint density at radius 1 is 1.50 bits per heavy atom. The van der Waals surface area contributed by atoms with Gasteiger partial charge in [0.25, 0.3) is 0 Å². The maximum absolute atomic E-state index is 11.6. The van der Waals surface area contributed by atoms with E-state index in [1.54, 1.807) is 6.92 Å². The summed E-state index contributed by atoms with van der Waals surface area (Å²) in [6.07, 6.45) is 2.18. The third-order valence-corrected chi connectivity index (χ3v) is 3.24. The van der Waals surface area contributed by atoms with Crippen LogP contribution in [0.15, 0.2) is 11.3 Å². The first-order valence-corrected chi connectivity index (χ1v) is 5.46. The molecule has 1 aliphatic carbocycles. The summed E-state index contributed by atoms with van der Waals surface area (Å²) >= 11 is 0. The van der Waals surface area contributed by atoms with E-state index in [0.29, 0.717) is 12.2 Å². The molecule has 1 rings (SSSR count). The first kappa shape index (κ1) is 12.7. The second-order valence-corrected chi connectivity index (χ2v) is 4.24. The van der Waals surface area contributed by atoms with Crippen LogP contribution in [-0.2, 0) is 14.3 Å². The van der Waals surface area contributed by atoms with Gasteiger partial charge in [0.05, 0.1) is 12.9 Å². The lowest BCUT2D eigenvalue weighted by Gasteiger charge is -2.28. The number of esters is 1. The van der Waals surface area contributed by atoms with Gasteiger partial charge in [-0.05, 0) is 32.3 Å². The minimum atomic E-state index is -0.771. The summed E-state index contributed by atoms with van der Waals surface area (Å²) in [6, 6.07) is 0. The van der Waals surface area contributed by atoms with Gasteiger partial charge in [-0.3, -0.25) is 9.59 Å². The zero-order valence-corrected chi connectivity index (χ0v) is 9.95. The molecule has 0 aromatic rings. The van der Waals surface area contributed by atoms with Gasteiger partial charge in [-0.15, -0.1) is 0 Å². The van der Waals surface area contributed by atoms with Crippen LogP contribution in [0.25, 0.3) is 0 Å². The summed E-state index contributed by atoms with van der Waals surface area (Å²) in [6.45, 7) is 3.17. The molecule has 90 valence electrons. The lowest BCUT2D eigenvalue weighted by Crippen LogP contribution is -2.33. The molecule has 4 nitrogen and oxygen atoms in total. The molecule has 4 heteroatoms. The van der Waals surface area contributed by atoms with Crippen molar-refractivity contribution in [2.24, 2.45) is 11.8 Å². The molecule has 0 radical (unpaired) electrons. The van der Waals surface area contributed by atoms with Crippen molar-refractivity contribution in [1.29, 1.82) is 0 Å². The highest BCUT2D eigenvalue weighted by Crippen LogP contribution is 2.34. The Balaban J connectivity index is 2.99. The number of Topliss-reactive ketones (excluding diaryl/α,β-unsaturated/α-hetero) is 1. The van der Waals surface area contributed by atoms with Gasteiger partial charge in [0, 0.05) is 12.3 Å². The van der Waals surface area contributed by atoms with Crippen molar-refractivity contribution >= 4 is 11.8 Å². The number of rotatable bonds is 3. The minimum absolute atomic E-state index is 0.203. The largest absolute Gasteiger partial charge is 0.512 e. The predicted octanol–water partition coefficient (Wildman–Crippen LogP) is 2.00. The van der Waals surface area contributed by atoms with Crippen molar-refractivity contribution in [3.05, 3.63) is 11.3 Å². The van der Waals surface area contributed by atoms with Gasteiger partial charge in [-0.1, -0.05) is 0 Å². The van der Waals surface area contributed by atoms with Crippen LogP contribution in [0.1, 0.15) is 33.1 Å². The molecular formula is C12H18O4. The van der Waals surface area contributed by atoms with Gasteiger partial charge in [0.1, 0.15) is 11.7 Å². The summed E-state index contributed by atoms with van der Waals surface area (Å²) < 4.78 is 4.65. The van der Waals surface area contributed by atoms with Crippen molar-refractivity contribution in [2.45, 2.75) is 33.1 Å². The number of carbonyl (C=O) groups is 2. The van der Waals surface area contributed by atoms with Gasteiger partial charge in [0.15, 0.2) is 0 Å². The zero-order chi connectivity index (χ0) is 12.3. The number of allylic oxidation sites excluding steroid dienone is 2. The molecule has 0 bridgehead atoms. The van der Waals surface area contributed by atoms with E-state index in [2.05, 4.69) is 4.74 Å². The van der Waals surface area contributed by atoms with Crippen LogP contribution in [0.5, 0.6) is 0 Å². The van der Waals surface area contributed by atoms with Crippen LogP contribution < -0.4 is 0 Å². The molecule has 0 heterocycles. The monoisotopic (exact) mass is 226 g/mol. The molecule has 0 saturated carbocycles. The van der Waals surface area contributed by atoms with Gasteiger partial charge in [0.2, 0.25) is 0 Å². The quantitative estimate of drug-likeness (QED) is 0.590. The molecule has 0 spiro atoms. The lowest BCUT2D eigenvalue weighted by atomic mass is 9.77. The molecule has 2 atom stereocenters. The number of aliphatic hydroxyl groups is 1. The summed E-state index contributed by atoms with van der Waals surface area (Å²) in [7, 11) is 1.28. The number of aliphatic hydroxyl groups excluding tert-OH is 1. The lowest BCUT2D eigenvalue weighted by molar-refractivity contribution is -0.150. The maximum Gasteiger partial charge on any atom is 0.316 e. The van der Waals surface area contributed by atoms with Crippen LogP contribution in [-0.4, -0.2) is 24.0 Å². The SMILES string of the molecule is COC(=O)C(C(C)=O)C1CCCC(O)=C1C. The molecule has 0 saturated heterocycles. The number of ketones is 1. The predicted molar refractivity (Wildman–Crippen MR) is 58.9 cm³/mol. The van der Waals surface area contributed by atoms with Crippen molar-refractivity contribution in [1.82, 2.24) is 0 Å². The smallest absolute Gasteiger partial charge is 0.316 e. The first-order chi connectivity index (χ1) is 7.49. The average molecular weight is 226 g/mol. The van der Waals surface area contributed by atoms with E-state index in [0.717, 1.165) is 18.4 Å². The molecule has 0 aliphatic heterocycles. The highest BCUT2D eigenvalue weighted by molar-refractivity contribution is 5.98. The summed E-state index contributed by atoms with van der Waals surface area (Å²) in [5.41, 5.74) is 0.747. The summed E-state index contributed by atoms with van der Waals surface area (Å²) in [5, 5.41) is 9.65. The Morgan fingerprint density at radius 2 is 2.12 bits per heavy atom. The average Bonchev–Trinajstić information content (AvgIpc) is 2.24. The van der Waals surface area contributed by atoms with Gasteiger partial charge in [-0.25, -0.2) is 0 Å². The molecular weight excluding hydrogens is 208 g/mol. The van der Waals surface area contributed by atoms with E-state index in [9.17, 15) is 14.7 Å². The van der Waals surface area contributed by atoms with Crippen molar-refractivity contribution in [3.8, 4) is 0 Å². The number of hydrogen-bond acceptors (Lipinski definition) is 4. The number of carbonyl (C=O) groups excluding carboxylic acids is 2. The molecule has 0 fully saturated rings. The highest BCUT2D eigenvalue weighted by atomic mass is 16.5. The topological polar surface area (TPSA) is 63.6 Å². The summed E-state index contributed by atoms with van der Waals surface area (Å²) in [5.74, 6) is -1.38. The van der Waals surface area contributed by atoms with Gasteiger partial charge >= 0.3 is 5.97 Å². The fourth-order valence-corrected chi connectivity index (χ4v) is 2.27. The van der Waals surface area contributed by atoms with E-state index in [1.165, 1.54) is 14.0 Å². The number of hydrogen-bond donors (Lipinski definition) is 1. The van der Waals surface area contributed by atoms with Crippen LogP contribution >= 0.6 is 0 Å². The highest BCUT2D eigenvalue weighted by Gasteiger charge is 2.36. The van der Waals surface area contributed by atoms with Crippen molar-refractivity contribution in [3.63, 3.8) is 0 Å². The second kappa shape index (κ2) is 5.14. The minimum Gasteiger partial charge on any atom is -0.512 e. The van der Waals surface area contributed by atoms with Crippen LogP contribution in [0.3, 0.4) is 0 Å². The molecule has 2 unspecified atom stereocenters. The van der Waals surface area contributed by atoms with E-state index in [1.807, 2.05) is 0 Å². The molecule has 0 aromatic carbocycles. The van der Waals surface area contributed by atoms with Crippen LogP contribution in [0.4, 0.5) is 0 Å². The molecule has 16 heavy (non-hydrogen) atoms. The van der Waals surface area contributed by atoms with E-state index in [-0.39, 0.29) is 11.7 Å². The maximum atomic E-state index is 11.6. The number of ether oxygens (including phenoxy) is 1. The Kier molecular flexibility index (Phi) is 4.10. The molecule has 0 aromatic heterocycles. The first-order valence-electron chi connectivity index (χ1n) is 5.46. The van der Waals surface area contributed by atoms with Crippen LogP contribution in [0.2, 0.25) is 0 Å². The van der Waals surface area contributed by atoms with E-state index >= 15 is 0 Å². The Hall–Kier alpha value is -1.32. The standard InChI is InChI=1S/C12H18O4/c1-7-9(5-4-6-10(7)14)11(8(2)13)12(15)16-3/h9,11,14H,4-6H2,1-3H3.